The van der Waals surface area contributed by atoms with Crippen LogP contribution in [0.1, 0.15) is 22.6 Å². The average Bonchev–Trinajstić information content (AvgIpc) is 2.75. The Balaban J connectivity index is 2.05. The van der Waals surface area contributed by atoms with E-state index in [9.17, 15) is 0 Å². The molecular formula is C11H10N2O. The van der Waals surface area contributed by atoms with Crippen molar-refractivity contribution in [2.75, 3.05) is 0 Å². The molecule has 0 aromatic carbocycles. The fraction of sp³-hybridized carbons (Fsp3) is 0.364. The van der Waals surface area contributed by atoms with Crippen LogP contribution < -0.4 is 5.32 Å². The molecule has 14 heavy (non-hydrogen) atoms. The van der Waals surface area contributed by atoms with Gasteiger partial charge in [-0.1, -0.05) is 12.2 Å². The molecule has 0 fully saturated rings. The Kier molecular flexibility index (Phi) is 1.53. The minimum absolute atomic E-state index is 0.0854. The van der Waals surface area contributed by atoms with Crippen molar-refractivity contribution in [3.05, 3.63) is 28.7 Å². The number of hydrogen-bond acceptors (Lipinski definition) is 3. The van der Waals surface area contributed by atoms with Gasteiger partial charge in [-0.25, -0.2) is 0 Å². The van der Waals surface area contributed by atoms with E-state index in [1.165, 1.54) is 11.1 Å². The lowest BCUT2D eigenvalue weighted by Gasteiger charge is -2.16. The first-order valence-corrected chi connectivity index (χ1v) is 4.81. The summed E-state index contributed by atoms with van der Waals surface area (Å²) in [6.45, 7) is 0.761. The summed E-state index contributed by atoms with van der Waals surface area (Å²) >= 11 is 0. The smallest absolute Gasteiger partial charge is 0.115 e. The van der Waals surface area contributed by atoms with Gasteiger partial charge in [-0.3, -0.25) is 5.32 Å². The number of allylic oxidation sites excluding steroid dienone is 1. The van der Waals surface area contributed by atoms with Crippen molar-refractivity contribution >= 4 is 6.08 Å². The molecule has 1 aromatic heterocycles. The van der Waals surface area contributed by atoms with Gasteiger partial charge in [-0.05, 0) is 0 Å². The molecule has 0 bridgehead atoms. The second-order valence-electron chi connectivity index (χ2n) is 3.71. The predicted octanol–water partition coefficient (Wildman–Crippen LogP) is 1.39. The van der Waals surface area contributed by atoms with Crippen molar-refractivity contribution in [1.82, 2.24) is 5.32 Å². The number of nitrogens with one attached hydrogen (secondary N) is 1. The Hall–Kier alpha value is -1.53. The van der Waals surface area contributed by atoms with E-state index in [4.69, 9.17) is 9.68 Å². The Bertz CT molecular complexity index is 451. The van der Waals surface area contributed by atoms with Crippen LogP contribution in [-0.4, -0.2) is 6.04 Å². The largest absolute Gasteiger partial charge is 0.465 e. The highest BCUT2D eigenvalue weighted by Gasteiger charge is 2.26. The molecule has 2 heterocycles. The second kappa shape index (κ2) is 2.73. The van der Waals surface area contributed by atoms with Crippen molar-refractivity contribution in [1.29, 1.82) is 5.26 Å². The fourth-order valence-electron chi connectivity index (χ4n) is 2.15. The average molecular weight is 186 g/mol. The summed E-state index contributed by atoms with van der Waals surface area (Å²) in [6, 6.07) is 2.14. The normalized spacial score (nSPS) is 22.9. The van der Waals surface area contributed by atoms with E-state index in [0.29, 0.717) is 6.42 Å². The standard InChI is InChI=1S/C11H10N2O/c12-5-7-4-11-9(6-13-7)8-2-1-3-10(8)14-11/h1-2,7,13H,3-4,6H2. The molecule has 1 aliphatic heterocycles. The number of fused-ring (bicyclic) bond motifs is 3. The van der Waals surface area contributed by atoms with Crippen molar-refractivity contribution < 1.29 is 4.42 Å². The molecular weight excluding hydrogens is 176 g/mol. The quantitative estimate of drug-likeness (QED) is 0.666. The highest BCUT2D eigenvalue weighted by Crippen LogP contribution is 2.31. The molecule has 3 heteroatoms. The summed E-state index contributed by atoms with van der Waals surface area (Å²) in [4.78, 5) is 0. The van der Waals surface area contributed by atoms with Gasteiger partial charge in [0.25, 0.3) is 0 Å². The maximum absolute atomic E-state index is 8.80. The first-order valence-electron chi connectivity index (χ1n) is 4.81. The zero-order chi connectivity index (χ0) is 9.54. The van der Waals surface area contributed by atoms with Crippen LogP contribution in [0.5, 0.6) is 0 Å². The van der Waals surface area contributed by atoms with Crippen LogP contribution >= 0.6 is 0 Å². The molecule has 3 nitrogen and oxygen atoms in total. The SMILES string of the molecule is N#CC1Cc2oc3c(c2CN1)C=CC3. The number of furan rings is 1. The van der Waals surface area contributed by atoms with Gasteiger partial charge in [0.1, 0.15) is 17.6 Å². The Morgan fingerprint density at radius 3 is 3.29 bits per heavy atom. The van der Waals surface area contributed by atoms with Gasteiger partial charge in [0, 0.05) is 30.5 Å². The van der Waals surface area contributed by atoms with E-state index in [1.54, 1.807) is 0 Å². The van der Waals surface area contributed by atoms with E-state index >= 15 is 0 Å². The van der Waals surface area contributed by atoms with Crippen molar-refractivity contribution in [3.63, 3.8) is 0 Å². The molecule has 0 radical (unpaired) electrons. The highest BCUT2D eigenvalue weighted by molar-refractivity contribution is 5.62. The van der Waals surface area contributed by atoms with Crippen LogP contribution in [0.4, 0.5) is 0 Å². The Morgan fingerprint density at radius 2 is 2.43 bits per heavy atom. The zero-order valence-electron chi connectivity index (χ0n) is 7.71. The molecule has 1 atom stereocenters. The van der Waals surface area contributed by atoms with E-state index in [1.807, 2.05) is 0 Å². The molecule has 1 N–H and O–H groups in total. The van der Waals surface area contributed by atoms with Gasteiger partial charge in [-0.2, -0.15) is 5.26 Å². The van der Waals surface area contributed by atoms with E-state index in [0.717, 1.165) is 24.5 Å². The van der Waals surface area contributed by atoms with Gasteiger partial charge in [0.2, 0.25) is 0 Å². The van der Waals surface area contributed by atoms with Crippen molar-refractivity contribution in [3.8, 4) is 6.07 Å². The topological polar surface area (TPSA) is 49.0 Å². The van der Waals surface area contributed by atoms with Crippen LogP contribution in [-0.2, 0) is 19.4 Å². The molecule has 0 spiro atoms. The minimum Gasteiger partial charge on any atom is -0.465 e. The van der Waals surface area contributed by atoms with E-state index in [-0.39, 0.29) is 6.04 Å². The van der Waals surface area contributed by atoms with Gasteiger partial charge in [0.05, 0.1) is 6.07 Å². The summed E-state index contributed by atoms with van der Waals surface area (Å²) < 4.78 is 5.73. The summed E-state index contributed by atoms with van der Waals surface area (Å²) in [6.07, 6.45) is 5.84. The summed E-state index contributed by atoms with van der Waals surface area (Å²) in [5.41, 5.74) is 2.49. The maximum atomic E-state index is 8.80. The van der Waals surface area contributed by atoms with E-state index < -0.39 is 0 Å². The van der Waals surface area contributed by atoms with Crippen LogP contribution in [0.25, 0.3) is 6.08 Å². The van der Waals surface area contributed by atoms with Gasteiger partial charge < -0.3 is 4.42 Å². The van der Waals surface area contributed by atoms with Crippen LogP contribution in [0.2, 0.25) is 0 Å². The molecule has 1 unspecified atom stereocenters. The fourth-order valence-corrected chi connectivity index (χ4v) is 2.15. The van der Waals surface area contributed by atoms with Gasteiger partial charge >= 0.3 is 0 Å². The van der Waals surface area contributed by atoms with Crippen molar-refractivity contribution in [2.24, 2.45) is 0 Å². The Labute approximate surface area is 82.0 Å². The predicted molar refractivity (Wildman–Crippen MR) is 51.4 cm³/mol. The molecule has 1 aliphatic carbocycles. The first-order chi connectivity index (χ1) is 6.88. The number of hydrogen-bond donors (Lipinski definition) is 1. The lowest BCUT2D eigenvalue weighted by molar-refractivity contribution is 0.429. The van der Waals surface area contributed by atoms with Crippen LogP contribution in [0.3, 0.4) is 0 Å². The molecule has 70 valence electrons. The lowest BCUT2D eigenvalue weighted by Crippen LogP contribution is -2.33. The highest BCUT2D eigenvalue weighted by atomic mass is 16.3. The summed E-state index contributed by atoms with van der Waals surface area (Å²) in [5, 5.41) is 12.0. The Morgan fingerprint density at radius 1 is 1.50 bits per heavy atom. The number of rotatable bonds is 0. The third-order valence-electron chi connectivity index (χ3n) is 2.87. The number of nitriles is 1. The van der Waals surface area contributed by atoms with Gasteiger partial charge in [0.15, 0.2) is 0 Å². The zero-order valence-corrected chi connectivity index (χ0v) is 7.71. The second-order valence-corrected chi connectivity index (χ2v) is 3.71. The lowest BCUT2D eigenvalue weighted by atomic mass is 10.0. The van der Waals surface area contributed by atoms with E-state index in [2.05, 4.69) is 23.5 Å². The maximum Gasteiger partial charge on any atom is 0.115 e. The third kappa shape index (κ3) is 0.948. The molecule has 3 rings (SSSR count). The van der Waals surface area contributed by atoms with Crippen molar-refractivity contribution in [2.45, 2.75) is 25.4 Å². The third-order valence-corrected chi connectivity index (χ3v) is 2.87. The minimum atomic E-state index is -0.0854. The summed E-state index contributed by atoms with van der Waals surface area (Å²) in [7, 11) is 0. The molecule has 2 aliphatic rings. The molecule has 0 saturated heterocycles. The molecule has 0 saturated carbocycles. The molecule has 1 aromatic rings. The van der Waals surface area contributed by atoms with Crippen LogP contribution in [0.15, 0.2) is 10.5 Å². The molecule has 0 amide bonds. The monoisotopic (exact) mass is 186 g/mol. The van der Waals surface area contributed by atoms with Gasteiger partial charge in [-0.15, -0.1) is 0 Å². The summed E-state index contributed by atoms with van der Waals surface area (Å²) in [5.74, 6) is 2.07. The number of nitrogens with zero attached hydrogens (tertiary/aromatic N) is 1. The van der Waals surface area contributed by atoms with Crippen LogP contribution in [0, 0.1) is 11.3 Å². The first kappa shape index (κ1) is 7.84.